The van der Waals surface area contributed by atoms with Crippen LogP contribution in [0, 0.1) is 6.33 Å². The molecule has 0 atom stereocenters. The van der Waals surface area contributed by atoms with E-state index in [9.17, 15) is 0 Å². The molecule has 1 heterocycles. The largest absolute Gasteiger partial charge is 0.336 e. The van der Waals surface area contributed by atoms with Crippen molar-refractivity contribution >= 4 is 0 Å². The Bertz CT molecular complexity index is 109. The van der Waals surface area contributed by atoms with E-state index in [-0.39, 0.29) is 0 Å². The number of rotatable bonds is 0. The maximum absolute atomic E-state index is 5.01. The smallest absolute Gasteiger partial charge is 0.221 e. The third kappa shape index (κ3) is 0.314. The van der Waals surface area contributed by atoms with Crippen LogP contribution in [0.2, 0.25) is 0 Å². The van der Waals surface area contributed by atoms with Gasteiger partial charge >= 0.3 is 0 Å². The lowest BCUT2D eigenvalue weighted by Crippen LogP contribution is -2.03. The van der Waals surface area contributed by atoms with Gasteiger partial charge in [-0.05, 0) is 0 Å². The number of nitrogen functional groups attached to an aromatic ring is 1. The van der Waals surface area contributed by atoms with Crippen LogP contribution in [0.3, 0.4) is 0 Å². The highest BCUT2D eigenvalue weighted by Crippen LogP contribution is 1.60. The Morgan fingerprint density at radius 1 is 1.83 bits per heavy atom. The van der Waals surface area contributed by atoms with E-state index in [1.807, 2.05) is 0 Å². The average molecular weight is 83.1 g/mol. The first-order valence-corrected chi connectivity index (χ1v) is 1.42. The molecule has 4 nitrogen and oxygen atoms in total. The number of hydrogen-bond donors (Lipinski definition) is 1. The second kappa shape index (κ2) is 0.965. The van der Waals surface area contributed by atoms with E-state index in [4.69, 9.17) is 5.84 Å². The summed E-state index contributed by atoms with van der Waals surface area (Å²) >= 11 is 0. The number of nitrogens with two attached hydrogens (primary N) is 1. The second-order valence-corrected chi connectivity index (χ2v) is 0.838. The van der Waals surface area contributed by atoms with Gasteiger partial charge in [0.1, 0.15) is 6.33 Å². The predicted octanol–water partition coefficient (Wildman–Crippen LogP) is -1.21. The summed E-state index contributed by atoms with van der Waals surface area (Å²) in [5.74, 6) is 5.01. The molecular formula is C2H3N4. The van der Waals surface area contributed by atoms with E-state index in [1.54, 1.807) is 0 Å². The molecule has 4 heteroatoms. The Hall–Kier alpha value is -1.06. The average Bonchev–Trinajstić information content (AvgIpc) is 1.86. The molecule has 0 saturated carbocycles. The minimum absolute atomic E-state index is 1.15. The first-order valence-electron chi connectivity index (χ1n) is 1.42. The van der Waals surface area contributed by atoms with Crippen molar-refractivity contribution in [3.63, 3.8) is 0 Å². The zero-order valence-electron chi connectivity index (χ0n) is 3.00. The second-order valence-electron chi connectivity index (χ2n) is 0.838. The topological polar surface area (TPSA) is 56.7 Å². The molecular weight excluding hydrogens is 80.0 g/mol. The van der Waals surface area contributed by atoms with Crippen molar-refractivity contribution in [2.75, 3.05) is 5.84 Å². The Kier molecular flexibility index (Phi) is 0.506. The lowest BCUT2D eigenvalue weighted by atomic mass is 11.3. The summed E-state index contributed by atoms with van der Waals surface area (Å²) in [7, 11) is 0. The van der Waals surface area contributed by atoms with E-state index in [1.165, 1.54) is 6.33 Å². The van der Waals surface area contributed by atoms with Gasteiger partial charge in [-0.25, -0.2) is 4.68 Å². The van der Waals surface area contributed by atoms with Gasteiger partial charge in [-0.15, -0.1) is 10.2 Å². The highest BCUT2D eigenvalue weighted by atomic mass is 15.4. The molecule has 0 aliphatic carbocycles. The summed E-state index contributed by atoms with van der Waals surface area (Å²) < 4.78 is 1.15. The minimum atomic E-state index is 1.15. The van der Waals surface area contributed by atoms with Crippen LogP contribution in [0.1, 0.15) is 0 Å². The fraction of sp³-hybridized carbons (Fsp3) is 0. The summed E-state index contributed by atoms with van der Waals surface area (Å²) in [6.45, 7) is 0. The molecule has 0 saturated heterocycles. The standard InChI is InChI=1S/C2H3N4/c3-6-1-4-5-2-6/h1H,3H2. The first kappa shape index (κ1) is 3.14. The molecule has 1 aromatic heterocycles. The van der Waals surface area contributed by atoms with Crippen molar-refractivity contribution in [1.82, 2.24) is 14.9 Å². The maximum Gasteiger partial charge on any atom is 0.221 e. The monoisotopic (exact) mass is 83.0 g/mol. The summed E-state index contributed by atoms with van der Waals surface area (Å²) in [5.41, 5.74) is 0. The molecule has 0 unspecified atom stereocenters. The minimum Gasteiger partial charge on any atom is -0.336 e. The molecule has 0 aliphatic heterocycles. The lowest BCUT2D eigenvalue weighted by Gasteiger charge is -1.74. The van der Waals surface area contributed by atoms with Crippen LogP contribution in [-0.2, 0) is 0 Å². The zero-order valence-corrected chi connectivity index (χ0v) is 3.00. The summed E-state index contributed by atoms with van der Waals surface area (Å²) in [4.78, 5) is 0. The predicted molar refractivity (Wildman–Crippen MR) is 19.0 cm³/mol. The van der Waals surface area contributed by atoms with Crippen molar-refractivity contribution in [3.8, 4) is 0 Å². The molecule has 1 radical (unpaired) electrons. The number of hydrogen-bond acceptors (Lipinski definition) is 3. The fourth-order valence-electron chi connectivity index (χ4n) is 0.185. The van der Waals surface area contributed by atoms with Gasteiger partial charge in [0.05, 0.1) is 0 Å². The number of aromatic nitrogens is 3. The van der Waals surface area contributed by atoms with Gasteiger partial charge in [0.2, 0.25) is 6.33 Å². The van der Waals surface area contributed by atoms with Gasteiger partial charge in [0, 0.05) is 0 Å². The van der Waals surface area contributed by atoms with Gasteiger partial charge in [-0.3, -0.25) is 0 Å². The molecule has 0 fully saturated rings. The van der Waals surface area contributed by atoms with Gasteiger partial charge in [0.25, 0.3) is 0 Å². The van der Waals surface area contributed by atoms with Crippen molar-refractivity contribution < 1.29 is 0 Å². The first-order chi connectivity index (χ1) is 2.89. The van der Waals surface area contributed by atoms with Crippen molar-refractivity contribution in [3.05, 3.63) is 12.7 Å². The molecule has 1 aromatic rings. The van der Waals surface area contributed by atoms with E-state index < -0.39 is 0 Å². The molecule has 6 heavy (non-hydrogen) atoms. The van der Waals surface area contributed by atoms with Crippen LogP contribution in [0.25, 0.3) is 0 Å². The Balaban J connectivity index is 3.05. The maximum atomic E-state index is 5.01. The normalized spacial score (nSPS) is 8.67. The zero-order chi connectivity index (χ0) is 4.41. The highest BCUT2D eigenvalue weighted by Gasteiger charge is 1.73. The Morgan fingerprint density at radius 2 is 2.67 bits per heavy atom. The summed E-state index contributed by atoms with van der Waals surface area (Å²) in [6.07, 6.45) is 3.69. The van der Waals surface area contributed by atoms with E-state index in [0.717, 1.165) is 4.68 Å². The van der Waals surface area contributed by atoms with Crippen LogP contribution in [0.15, 0.2) is 6.33 Å². The molecule has 31 valence electrons. The van der Waals surface area contributed by atoms with Gasteiger partial charge < -0.3 is 5.84 Å². The molecule has 1 rings (SSSR count). The summed E-state index contributed by atoms with van der Waals surface area (Å²) in [5, 5.41) is 6.64. The van der Waals surface area contributed by atoms with E-state index in [0.29, 0.717) is 0 Å². The fourth-order valence-corrected chi connectivity index (χ4v) is 0.185. The van der Waals surface area contributed by atoms with Crippen LogP contribution in [-0.4, -0.2) is 14.9 Å². The van der Waals surface area contributed by atoms with Crippen LogP contribution in [0.4, 0.5) is 0 Å². The molecule has 0 spiro atoms. The van der Waals surface area contributed by atoms with Crippen molar-refractivity contribution in [1.29, 1.82) is 0 Å². The van der Waals surface area contributed by atoms with E-state index in [2.05, 4.69) is 16.5 Å². The molecule has 2 N–H and O–H groups in total. The lowest BCUT2D eigenvalue weighted by molar-refractivity contribution is 0.986. The SMILES string of the molecule is Nn1[c]nnc1. The van der Waals surface area contributed by atoms with Crippen LogP contribution in [0.5, 0.6) is 0 Å². The van der Waals surface area contributed by atoms with Gasteiger partial charge in [-0.1, -0.05) is 0 Å². The third-order valence-electron chi connectivity index (χ3n) is 0.394. The highest BCUT2D eigenvalue weighted by molar-refractivity contribution is 4.52. The van der Waals surface area contributed by atoms with Crippen molar-refractivity contribution in [2.24, 2.45) is 0 Å². The van der Waals surface area contributed by atoms with Crippen LogP contribution >= 0.6 is 0 Å². The van der Waals surface area contributed by atoms with Gasteiger partial charge in [0.15, 0.2) is 0 Å². The van der Waals surface area contributed by atoms with Crippen molar-refractivity contribution in [2.45, 2.75) is 0 Å². The van der Waals surface area contributed by atoms with E-state index >= 15 is 0 Å². The molecule has 0 amide bonds. The molecule has 0 bridgehead atoms. The Morgan fingerprint density at radius 3 is 2.83 bits per heavy atom. The van der Waals surface area contributed by atoms with Crippen LogP contribution < -0.4 is 5.84 Å². The van der Waals surface area contributed by atoms with Gasteiger partial charge in [-0.2, -0.15) is 0 Å². The third-order valence-corrected chi connectivity index (χ3v) is 0.394. The number of nitrogens with zero attached hydrogens (tertiary/aromatic N) is 3. The quantitative estimate of drug-likeness (QED) is 0.400. The molecule has 0 aromatic carbocycles. The molecule has 0 aliphatic rings. The summed E-state index contributed by atoms with van der Waals surface area (Å²) in [6, 6.07) is 0. The Labute approximate surface area is 34.6 Å².